The molecule has 0 aliphatic carbocycles. The molecule has 8 nitrogen and oxygen atoms in total. The molecule has 0 radical (unpaired) electrons. The number of halogens is 2. The molecule has 4 rings (SSSR count). The van der Waals surface area contributed by atoms with Crippen LogP contribution in [-0.4, -0.2) is 30.9 Å². The Labute approximate surface area is 216 Å². The van der Waals surface area contributed by atoms with Gasteiger partial charge < -0.3 is 9.47 Å². The number of rotatable bonds is 5. The van der Waals surface area contributed by atoms with Crippen LogP contribution in [-0.2, 0) is 9.59 Å². The van der Waals surface area contributed by atoms with Gasteiger partial charge in [-0.2, -0.15) is 0 Å². The number of benzene rings is 3. The number of carbonyl (C=O) groups is 4. The molecule has 1 heterocycles. The van der Waals surface area contributed by atoms with Gasteiger partial charge in [0.25, 0.3) is 11.8 Å². The second kappa shape index (κ2) is 10.2. The zero-order valence-electron chi connectivity index (χ0n) is 18.1. The topological polar surface area (TPSA) is 102 Å². The van der Waals surface area contributed by atoms with Gasteiger partial charge in [-0.1, -0.05) is 37.9 Å². The van der Waals surface area contributed by atoms with Gasteiger partial charge in [-0.25, -0.2) is 14.5 Å². The number of urea groups is 1. The van der Waals surface area contributed by atoms with E-state index in [1.54, 1.807) is 54.6 Å². The molecule has 0 unspecified atom stereocenters. The summed E-state index contributed by atoms with van der Waals surface area (Å²) in [4.78, 5) is 51.2. The molecule has 0 atom stereocenters. The van der Waals surface area contributed by atoms with E-state index in [-0.39, 0.29) is 17.1 Å². The van der Waals surface area contributed by atoms with E-state index >= 15 is 0 Å². The predicted molar refractivity (Wildman–Crippen MR) is 135 cm³/mol. The van der Waals surface area contributed by atoms with Crippen molar-refractivity contribution >= 4 is 67.4 Å². The summed E-state index contributed by atoms with van der Waals surface area (Å²) in [7, 11) is 1.40. The number of nitrogens with one attached hydrogen (secondary N) is 1. The highest BCUT2D eigenvalue weighted by Crippen LogP contribution is 2.31. The van der Waals surface area contributed by atoms with Crippen LogP contribution in [0.15, 0.2) is 81.2 Å². The second-order valence-corrected chi connectivity index (χ2v) is 9.07. The van der Waals surface area contributed by atoms with Crippen molar-refractivity contribution in [3.8, 4) is 11.5 Å². The minimum atomic E-state index is -0.841. The van der Waals surface area contributed by atoms with Gasteiger partial charge in [0.2, 0.25) is 0 Å². The van der Waals surface area contributed by atoms with Gasteiger partial charge in [-0.3, -0.25) is 14.9 Å². The third kappa shape index (κ3) is 5.33. The van der Waals surface area contributed by atoms with E-state index in [9.17, 15) is 19.2 Å². The number of amides is 4. The van der Waals surface area contributed by atoms with Crippen molar-refractivity contribution in [3.63, 3.8) is 0 Å². The highest BCUT2D eigenvalue weighted by molar-refractivity contribution is 9.10. The molecule has 0 aromatic heterocycles. The maximum absolute atomic E-state index is 13.0. The number of barbiturate groups is 1. The molecule has 0 saturated carbocycles. The number of esters is 1. The van der Waals surface area contributed by atoms with Crippen LogP contribution in [0.2, 0.25) is 0 Å². The van der Waals surface area contributed by atoms with Crippen LogP contribution >= 0.6 is 31.9 Å². The molecular formula is C25H16Br2N2O6. The summed E-state index contributed by atoms with van der Waals surface area (Å²) in [6.45, 7) is 0. The quantitative estimate of drug-likeness (QED) is 0.189. The van der Waals surface area contributed by atoms with Crippen molar-refractivity contribution in [2.24, 2.45) is 0 Å². The Balaban J connectivity index is 1.61. The lowest BCUT2D eigenvalue weighted by atomic mass is 10.1. The third-order valence-electron chi connectivity index (χ3n) is 4.97. The lowest BCUT2D eigenvalue weighted by Gasteiger charge is -2.26. The Hall–Kier alpha value is -3.76. The van der Waals surface area contributed by atoms with Gasteiger partial charge in [-0.05, 0) is 72.3 Å². The molecule has 10 heteroatoms. The van der Waals surface area contributed by atoms with E-state index in [0.29, 0.717) is 16.8 Å². The number of hydrogen-bond donors (Lipinski definition) is 1. The van der Waals surface area contributed by atoms with Crippen molar-refractivity contribution in [2.75, 3.05) is 12.0 Å². The molecule has 1 aliphatic heterocycles. The van der Waals surface area contributed by atoms with Gasteiger partial charge in [0, 0.05) is 8.95 Å². The largest absolute Gasteiger partial charge is 0.493 e. The van der Waals surface area contributed by atoms with Gasteiger partial charge in [0.05, 0.1) is 18.4 Å². The molecule has 1 saturated heterocycles. The van der Waals surface area contributed by atoms with Crippen molar-refractivity contribution in [2.45, 2.75) is 0 Å². The van der Waals surface area contributed by atoms with Crippen LogP contribution in [0.25, 0.3) is 6.08 Å². The highest BCUT2D eigenvalue weighted by Gasteiger charge is 2.36. The van der Waals surface area contributed by atoms with E-state index in [1.165, 1.54) is 25.3 Å². The molecule has 1 fully saturated rings. The Morgan fingerprint density at radius 3 is 2.14 bits per heavy atom. The first-order chi connectivity index (χ1) is 16.8. The minimum absolute atomic E-state index is 0.161. The molecule has 4 amide bonds. The fourth-order valence-corrected chi connectivity index (χ4v) is 3.78. The van der Waals surface area contributed by atoms with Crippen molar-refractivity contribution in [1.82, 2.24) is 5.32 Å². The number of anilines is 1. The lowest BCUT2D eigenvalue weighted by molar-refractivity contribution is -0.122. The number of methoxy groups -OCH3 is 1. The summed E-state index contributed by atoms with van der Waals surface area (Å²) >= 11 is 6.61. The smallest absolute Gasteiger partial charge is 0.343 e. The summed E-state index contributed by atoms with van der Waals surface area (Å²) in [5, 5.41) is 2.17. The standard InChI is InChI=1S/C25H16Br2N2O6/c1-34-21-13-14(2-11-20(21)35-24(32)15-3-5-16(26)6-4-15)12-19-22(30)28-25(33)29(23(19)31)18-9-7-17(27)8-10-18/h2-13H,1H3,(H,28,30,33)/b19-12+. The zero-order valence-corrected chi connectivity index (χ0v) is 21.3. The van der Waals surface area contributed by atoms with Gasteiger partial charge in [0.1, 0.15) is 5.57 Å². The number of imide groups is 2. The second-order valence-electron chi connectivity index (χ2n) is 7.24. The number of ether oxygens (including phenoxy) is 2. The molecule has 35 heavy (non-hydrogen) atoms. The van der Waals surface area contributed by atoms with Gasteiger partial charge in [0.15, 0.2) is 11.5 Å². The van der Waals surface area contributed by atoms with Crippen molar-refractivity contribution in [1.29, 1.82) is 0 Å². The Bertz CT molecular complexity index is 1370. The first-order valence-electron chi connectivity index (χ1n) is 10.1. The zero-order chi connectivity index (χ0) is 25.1. The van der Waals surface area contributed by atoms with Crippen LogP contribution in [0.1, 0.15) is 15.9 Å². The Kier molecular flexibility index (Phi) is 7.13. The summed E-state index contributed by atoms with van der Waals surface area (Å²) in [6.07, 6.45) is 1.33. The normalized spacial score (nSPS) is 14.7. The van der Waals surface area contributed by atoms with Crippen molar-refractivity contribution in [3.05, 3.63) is 92.4 Å². The molecule has 1 N–H and O–H groups in total. The van der Waals surface area contributed by atoms with Crippen molar-refractivity contribution < 1.29 is 28.7 Å². The Morgan fingerprint density at radius 1 is 0.886 bits per heavy atom. The average Bonchev–Trinajstić information content (AvgIpc) is 2.84. The van der Waals surface area contributed by atoms with Crippen LogP contribution in [0, 0.1) is 0 Å². The van der Waals surface area contributed by atoms with E-state index in [0.717, 1.165) is 13.8 Å². The lowest BCUT2D eigenvalue weighted by Crippen LogP contribution is -2.54. The van der Waals surface area contributed by atoms with Crippen LogP contribution in [0.3, 0.4) is 0 Å². The summed E-state index contributed by atoms with van der Waals surface area (Å²) in [5.41, 5.74) is 0.841. The van der Waals surface area contributed by atoms with Crippen LogP contribution < -0.4 is 19.7 Å². The fourth-order valence-electron chi connectivity index (χ4n) is 3.25. The number of hydrogen-bond acceptors (Lipinski definition) is 6. The van der Waals surface area contributed by atoms with E-state index in [2.05, 4.69) is 37.2 Å². The molecule has 3 aromatic carbocycles. The monoisotopic (exact) mass is 598 g/mol. The SMILES string of the molecule is COc1cc(/C=C2\C(=O)NC(=O)N(c3ccc(Br)cc3)C2=O)ccc1OC(=O)c1ccc(Br)cc1. The highest BCUT2D eigenvalue weighted by atomic mass is 79.9. The minimum Gasteiger partial charge on any atom is -0.493 e. The van der Waals surface area contributed by atoms with Gasteiger partial charge in [-0.15, -0.1) is 0 Å². The number of nitrogens with zero attached hydrogens (tertiary/aromatic N) is 1. The average molecular weight is 600 g/mol. The first kappa shape index (κ1) is 24.4. The summed E-state index contributed by atoms with van der Waals surface area (Å²) in [5.74, 6) is -1.79. The molecule has 1 aliphatic rings. The molecule has 3 aromatic rings. The van der Waals surface area contributed by atoms with Crippen LogP contribution in [0.5, 0.6) is 11.5 Å². The fraction of sp³-hybridized carbons (Fsp3) is 0.0400. The Morgan fingerprint density at radius 2 is 1.51 bits per heavy atom. The molecule has 0 bridgehead atoms. The maximum atomic E-state index is 13.0. The van der Waals surface area contributed by atoms with E-state index in [1.807, 2.05) is 0 Å². The first-order valence-corrected chi connectivity index (χ1v) is 11.7. The third-order valence-corrected chi connectivity index (χ3v) is 6.03. The predicted octanol–water partition coefficient (Wildman–Crippen LogP) is 5.11. The van der Waals surface area contributed by atoms with Crippen LogP contribution in [0.4, 0.5) is 10.5 Å². The molecule has 0 spiro atoms. The summed E-state index contributed by atoms with van der Waals surface area (Å²) < 4.78 is 12.4. The molecular weight excluding hydrogens is 584 g/mol. The van der Waals surface area contributed by atoms with E-state index < -0.39 is 23.8 Å². The number of carbonyl (C=O) groups excluding carboxylic acids is 4. The van der Waals surface area contributed by atoms with E-state index in [4.69, 9.17) is 9.47 Å². The summed E-state index contributed by atoms with van der Waals surface area (Å²) in [6, 6.07) is 16.9. The molecule has 176 valence electrons. The maximum Gasteiger partial charge on any atom is 0.343 e. The van der Waals surface area contributed by atoms with Gasteiger partial charge >= 0.3 is 12.0 Å².